The number of alkyl halides is 3. The fraction of sp³-hybridized carbons (Fsp3) is 0.182. The van der Waals surface area contributed by atoms with E-state index >= 15 is 0 Å². The van der Waals surface area contributed by atoms with Gasteiger partial charge >= 0.3 is 6.18 Å². The lowest BCUT2D eigenvalue weighted by Gasteiger charge is -2.38. The number of nitrogens with zero attached hydrogens (tertiary/aromatic N) is 4. The molecule has 2 aromatic carbocycles. The standard InChI is InChI=1S/C22H14F3N5/c1-13-20(29-2)19(15-8-6-14(11-26)7-9-15)18(12-27)21(28)30(13)17-5-3-4-16(10-17)22(23,24)25/h3-10,18-19,28H,1H3. The van der Waals surface area contributed by atoms with Gasteiger partial charge in [-0.2, -0.15) is 23.7 Å². The van der Waals surface area contributed by atoms with Crippen LogP contribution in [0.3, 0.4) is 0 Å². The van der Waals surface area contributed by atoms with Crippen molar-refractivity contribution in [3.63, 3.8) is 0 Å². The van der Waals surface area contributed by atoms with Gasteiger partial charge in [-0.15, -0.1) is 0 Å². The summed E-state index contributed by atoms with van der Waals surface area (Å²) in [6.45, 7) is 9.19. The molecule has 148 valence electrons. The van der Waals surface area contributed by atoms with Crippen molar-refractivity contribution in [2.24, 2.45) is 5.92 Å². The molecule has 2 atom stereocenters. The van der Waals surface area contributed by atoms with Crippen molar-refractivity contribution in [2.45, 2.75) is 19.0 Å². The Balaban J connectivity index is 2.18. The second-order valence-electron chi connectivity index (χ2n) is 6.67. The van der Waals surface area contributed by atoms with Gasteiger partial charge in [-0.05, 0) is 42.8 Å². The van der Waals surface area contributed by atoms with E-state index in [9.17, 15) is 18.4 Å². The summed E-state index contributed by atoms with van der Waals surface area (Å²) in [7, 11) is 0. The predicted molar refractivity (Wildman–Crippen MR) is 104 cm³/mol. The predicted octanol–water partition coefficient (Wildman–Crippen LogP) is 5.45. The molecule has 0 amide bonds. The number of amidine groups is 1. The first-order valence-electron chi connectivity index (χ1n) is 8.76. The number of benzene rings is 2. The molecule has 0 bridgehead atoms. The van der Waals surface area contributed by atoms with E-state index in [1.54, 1.807) is 31.2 Å². The van der Waals surface area contributed by atoms with E-state index in [1.807, 2.05) is 12.1 Å². The third-order valence-electron chi connectivity index (χ3n) is 4.96. The van der Waals surface area contributed by atoms with Crippen LogP contribution in [-0.4, -0.2) is 5.84 Å². The molecule has 0 saturated heterocycles. The fourth-order valence-corrected chi connectivity index (χ4v) is 3.53. The van der Waals surface area contributed by atoms with Crippen LogP contribution in [0.1, 0.15) is 29.5 Å². The summed E-state index contributed by atoms with van der Waals surface area (Å²) in [5.74, 6) is -2.05. The minimum Gasteiger partial charge on any atom is -0.312 e. The zero-order chi connectivity index (χ0) is 22.1. The molecule has 0 aliphatic carbocycles. The molecule has 0 aromatic heterocycles. The van der Waals surface area contributed by atoms with E-state index < -0.39 is 23.6 Å². The quantitative estimate of drug-likeness (QED) is 0.675. The number of halogens is 3. The van der Waals surface area contributed by atoms with Gasteiger partial charge in [-0.1, -0.05) is 18.2 Å². The first-order valence-corrected chi connectivity index (χ1v) is 8.76. The minimum atomic E-state index is -4.56. The molecule has 30 heavy (non-hydrogen) atoms. The maximum absolute atomic E-state index is 13.2. The minimum absolute atomic E-state index is 0.0620. The van der Waals surface area contributed by atoms with Crippen molar-refractivity contribution < 1.29 is 13.2 Å². The highest BCUT2D eigenvalue weighted by atomic mass is 19.4. The van der Waals surface area contributed by atoms with Gasteiger partial charge in [0.25, 0.3) is 0 Å². The van der Waals surface area contributed by atoms with E-state index in [0.29, 0.717) is 11.1 Å². The Hall–Kier alpha value is -4.09. The summed E-state index contributed by atoms with van der Waals surface area (Å²) in [5, 5.41) is 27.3. The van der Waals surface area contributed by atoms with Crippen molar-refractivity contribution >= 4 is 11.5 Å². The Labute approximate surface area is 171 Å². The molecule has 2 unspecified atom stereocenters. The number of nitriles is 2. The maximum Gasteiger partial charge on any atom is 0.416 e. The zero-order valence-corrected chi connectivity index (χ0v) is 15.7. The van der Waals surface area contributed by atoms with E-state index in [-0.39, 0.29) is 22.9 Å². The molecule has 1 heterocycles. The number of rotatable bonds is 2. The largest absolute Gasteiger partial charge is 0.416 e. The van der Waals surface area contributed by atoms with Gasteiger partial charge in [0, 0.05) is 17.3 Å². The van der Waals surface area contributed by atoms with E-state index in [2.05, 4.69) is 4.85 Å². The van der Waals surface area contributed by atoms with E-state index in [4.69, 9.17) is 17.2 Å². The molecular weight excluding hydrogens is 391 g/mol. The van der Waals surface area contributed by atoms with Gasteiger partial charge in [-0.25, -0.2) is 4.85 Å². The van der Waals surface area contributed by atoms with Crippen LogP contribution >= 0.6 is 0 Å². The Kier molecular flexibility index (Phi) is 5.32. The van der Waals surface area contributed by atoms with Gasteiger partial charge in [0.1, 0.15) is 11.8 Å². The van der Waals surface area contributed by atoms with Crippen molar-refractivity contribution in [2.75, 3.05) is 4.90 Å². The third kappa shape index (κ3) is 3.50. The average molecular weight is 405 g/mol. The number of hydrogen-bond donors (Lipinski definition) is 1. The lowest BCUT2D eigenvalue weighted by molar-refractivity contribution is -0.137. The van der Waals surface area contributed by atoms with Crippen molar-refractivity contribution in [1.82, 2.24) is 0 Å². The van der Waals surface area contributed by atoms with Crippen LogP contribution in [0, 0.1) is 40.6 Å². The SMILES string of the molecule is [C-]#[N+]C1=C(C)N(c2cccc(C(F)(F)F)c2)C(=N)C(C#N)C1c1ccc(C#N)cc1. The lowest BCUT2D eigenvalue weighted by Crippen LogP contribution is -2.42. The Bertz CT molecular complexity index is 1160. The van der Waals surface area contributed by atoms with E-state index in [0.717, 1.165) is 12.1 Å². The van der Waals surface area contributed by atoms with Crippen LogP contribution in [0.25, 0.3) is 4.85 Å². The van der Waals surface area contributed by atoms with Gasteiger partial charge in [0.05, 0.1) is 29.8 Å². The molecular formula is C22H14F3N5. The van der Waals surface area contributed by atoms with Crippen LogP contribution in [0.5, 0.6) is 0 Å². The van der Waals surface area contributed by atoms with Crippen LogP contribution in [0.15, 0.2) is 59.9 Å². The normalized spacial score (nSPS) is 19.1. The molecule has 5 nitrogen and oxygen atoms in total. The highest BCUT2D eigenvalue weighted by Crippen LogP contribution is 2.43. The molecule has 8 heteroatoms. The first kappa shape index (κ1) is 20.6. The summed E-state index contributed by atoms with van der Waals surface area (Å²) in [6, 6.07) is 14.8. The monoisotopic (exact) mass is 405 g/mol. The lowest BCUT2D eigenvalue weighted by atomic mass is 9.79. The molecule has 0 radical (unpaired) electrons. The summed E-state index contributed by atoms with van der Waals surface area (Å²) >= 11 is 0. The fourth-order valence-electron chi connectivity index (χ4n) is 3.53. The summed E-state index contributed by atoms with van der Waals surface area (Å²) in [4.78, 5) is 4.78. The molecule has 1 aliphatic heterocycles. The molecule has 0 spiro atoms. The smallest absolute Gasteiger partial charge is 0.312 e. The highest BCUT2D eigenvalue weighted by molar-refractivity contribution is 6.03. The third-order valence-corrected chi connectivity index (χ3v) is 4.96. The van der Waals surface area contributed by atoms with Crippen molar-refractivity contribution in [3.05, 3.63) is 88.0 Å². The van der Waals surface area contributed by atoms with Crippen LogP contribution in [0.2, 0.25) is 0 Å². The van der Waals surface area contributed by atoms with Gasteiger partial charge < -0.3 is 4.90 Å². The molecule has 2 aromatic rings. The Morgan fingerprint density at radius 2 is 1.80 bits per heavy atom. The Morgan fingerprint density at radius 3 is 2.33 bits per heavy atom. The molecule has 0 fully saturated rings. The van der Waals surface area contributed by atoms with Crippen LogP contribution in [0.4, 0.5) is 18.9 Å². The van der Waals surface area contributed by atoms with Crippen molar-refractivity contribution in [1.29, 1.82) is 15.9 Å². The maximum atomic E-state index is 13.2. The highest BCUT2D eigenvalue weighted by Gasteiger charge is 2.41. The summed E-state index contributed by atoms with van der Waals surface area (Å²) < 4.78 is 39.5. The van der Waals surface area contributed by atoms with E-state index in [1.165, 1.54) is 17.0 Å². The molecule has 3 rings (SSSR count). The Morgan fingerprint density at radius 1 is 1.13 bits per heavy atom. The first-order chi connectivity index (χ1) is 14.2. The molecule has 1 N–H and O–H groups in total. The number of hydrogen-bond acceptors (Lipinski definition) is 3. The second kappa shape index (κ2) is 7.73. The van der Waals surface area contributed by atoms with Crippen LogP contribution < -0.4 is 4.90 Å². The van der Waals surface area contributed by atoms with Gasteiger partial charge in [-0.3, -0.25) is 5.41 Å². The van der Waals surface area contributed by atoms with Gasteiger partial charge in [0.2, 0.25) is 0 Å². The average Bonchev–Trinajstić information content (AvgIpc) is 2.73. The molecule has 1 aliphatic rings. The molecule has 0 saturated carbocycles. The van der Waals surface area contributed by atoms with Gasteiger partial charge in [0.15, 0.2) is 5.70 Å². The second-order valence-corrected chi connectivity index (χ2v) is 6.67. The number of nitrogens with one attached hydrogen (secondary N) is 1. The number of allylic oxidation sites excluding steroid dienone is 2. The summed E-state index contributed by atoms with van der Waals surface area (Å²) in [6.07, 6.45) is -4.56. The topological polar surface area (TPSA) is 79.0 Å². The zero-order valence-electron chi connectivity index (χ0n) is 15.7. The van der Waals surface area contributed by atoms with Crippen LogP contribution in [-0.2, 0) is 6.18 Å². The summed E-state index contributed by atoms with van der Waals surface area (Å²) in [5.41, 5.74) is 0.627. The van der Waals surface area contributed by atoms with Crippen molar-refractivity contribution in [3.8, 4) is 12.1 Å². The number of anilines is 1.